The van der Waals surface area contributed by atoms with Gasteiger partial charge in [0.05, 0.1) is 6.04 Å². The highest BCUT2D eigenvalue weighted by atomic mass is 19.1. The highest BCUT2D eigenvalue weighted by Gasteiger charge is 2.23. The number of hydrogen-bond donors (Lipinski definition) is 2. The molecule has 4 heteroatoms. The topological polar surface area (TPSA) is 38.0 Å². The number of halogens is 2. The molecule has 0 saturated heterocycles. The Balaban J connectivity index is 2.39. The van der Waals surface area contributed by atoms with Gasteiger partial charge in [-0.2, -0.15) is 0 Å². The molecule has 2 rings (SSSR count). The van der Waals surface area contributed by atoms with Crippen molar-refractivity contribution in [2.45, 2.75) is 25.3 Å². The van der Waals surface area contributed by atoms with Gasteiger partial charge in [-0.05, 0) is 29.7 Å². The van der Waals surface area contributed by atoms with Crippen LogP contribution in [-0.2, 0) is 0 Å². The van der Waals surface area contributed by atoms with Crippen LogP contribution in [0.15, 0.2) is 48.5 Å². The number of nitrogens with two attached hydrogens (primary N) is 1. The van der Waals surface area contributed by atoms with Crippen molar-refractivity contribution in [2.24, 2.45) is 5.84 Å². The van der Waals surface area contributed by atoms with E-state index in [1.54, 1.807) is 0 Å². The average Bonchev–Trinajstić information content (AvgIpc) is 2.44. The molecule has 0 aliphatic carbocycles. The van der Waals surface area contributed by atoms with Gasteiger partial charge >= 0.3 is 0 Å². The van der Waals surface area contributed by atoms with Crippen LogP contribution >= 0.6 is 0 Å². The van der Waals surface area contributed by atoms with Gasteiger partial charge in [0.1, 0.15) is 11.6 Å². The normalized spacial score (nSPS) is 14.0. The molecule has 2 nitrogen and oxygen atoms in total. The first-order chi connectivity index (χ1) is 9.65. The Morgan fingerprint density at radius 2 is 1.60 bits per heavy atom. The van der Waals surface area contributed by atoms with Crippen molar-refractivity contribution in [3.05, 3.63) is 71.3 Å². The van der Waals surface area contributed by atoms with Crippen LogP contribution in [0.4, 0.5) is 8.78 Å². The first-order valence-corrected chi connectivity index (χ1v) is 6.62. The Morgan fingerprint density at radius 1 is 1.00 bits per heavy atom. The lowest BCUT2D eigenvalue weighted by Crippen LogP contribution is -2.32. The third-order valence-electron chi connectivity index (χ3n) is 3.49. The van der Waals surface area contributed by atoms with E-state index in [1.165, 1.54) is 12.1 Å². The minimum absolute atomic E-state index is 0.0439. The Hall–Kier alpha value is -1.78. The molecule has 0 saturated carbocycles. The maximum Gasteiger partial charge on any atom is 0.126 e. The van der Waals surface area contributed by atoms with Crippen LogP contribution in [0.5, 0.6) is 0 Å². The van der Waals surface area contributed by atoms with Crippen LogP contribution < -0.4 is 11.3 Å². The minimum Gasteiger partial charge on any atom is -0.271 e. The van der Waals surface area contributed by atoms with Crippen molar-refractivity contribution in [1.29, 1.82) is 0 Å². The predicted octanol–water partition coefficient (Wildman–Crippen LogP) is 3.66. The van der Waals surface area contributed by atoms with Gasteiger partial charge in [0.25, 0.3) is 0 Å². The molecule has 20 heavy (non-hydrogen) atoms. The molecular weight excluding hydrogens is 258 g/mol. The summed E-state index contributed by atoms with van der Waals surface area (Å²) in [4.78, 5) is 0. The van der Waals surface area contributed by atoms with Crippen molar-refractivity contribution >= 4 is 0 Å². The van der Waals surface area contributed by atoms with Gasteiger partial charge in [-0.1, -0.05) is 37.3 Å². The monoisotopic (exact) mass is 276 g/mol. The standard InChI is InChI=1S/C16H18F2N2/c1-2-15(11-6-4-3-5-7-11)16(20-19)12-8-13(17)10-14(18)9-12/h3-10,15-16,20H,2,19H2,1H3. The maximum atomic E-state index is 13.4. The quantitative estimate of drug-likeness (QED) is 0.646. The number of benzene rings is 2. The predicted molar refractivity (Wildman–Crippen MR) is 75.9 cm³/mol. The van der Waals surface area contributed by atoms with Crippen LogP contribution in [0.3, 0.4) is 0 Å². The summed E-state index contributed by atoms with van der Waals surface area (Å²) >= 11 is 0. The Bertz CT molecular complexity index is 537. The molecular formula is C16H18F2N2. The smallest absolute Gasteiger partial charge is 0.126 e. The average molecular weight is 276 g/mol. The number of hydrazine groups is 1. The lowest BCUT2D eigenvalue weighted by molar-refractivity contribution is 0.440. The zero-order valence-electron chi connectivity index (χ0n) is 11.3. The highest BCUT2D eigenvalue weighted by molar-refractivity contribution is 5.28. The maximum absolute atomic E-state index is 13.4. The molecule has 106 valence electrons. The molecule has 2 aromatic carbocycles. The second kappa shape index (κ2) is 6.59. The molecule has 0 spiro atoms. The third-order valence-corrected chi connectivity index (χ3v) is 3.49. The van der Waals surface area contributed by atoms with Gasteiger partial charge in [0, 0.05) is 12.0 Å². The highest BCUT2D eigenvalue weighted by Crippen LogP contribution is 2.33. The molecule has 2 unspecified atom stereocenters. The van der Waals surface area contributed by atoms with Gasteiger partial charge in [0.2, 0.25) is 0 Å². The second-order valence-corrected chi connectivity index (χ2v) is 4.77. The fourth-order valence-corrected chi connectivity index (χ4v) is 2.56. The molecule has 3 N–H and O–H groups in total. The van der Waals surface area contributed by atoms with Crippen molar-refractivity contribution in [3.63, 3.8) is 0 Å². The van der Waals surface area contributed by atoms with E-state index in [-0.39, 0.29) is 12.0 Å². The number of rotatable bonds is 5. The first kappa shape index (κ1) is 14.6. The number of hydrogen-bond acceptors (Lipinski definition) is 2. The molecule has 0 aliphatic heterocycles. The van der Waals surface area contributed by atoms with Crippen LogP contribution in [0.1, 0.15) is 36.4 Å². The lowest BCUT2D eigenvalue weighted by atomic mass is 9.85. The molecule has 0 amide bonds. The van der Waals surface area contributed by atoms with Gasteiger partial charge in [0.15, 0.2) is 0 Å². The van der Waals surface area contributed by atoms with Crippen molar-refractivity contribution in [3.8, 4) is 0 Å². The SMILES string of the molecule is CCC(c1ccccc1)C(NN)c1cc(F)cc(F)c1. The molecule has 0 aromatic heterocycles. The van der Waals surface area contributed by atoms with E-state index in [4.69, 9.17) is 5.84 Å². The van der Waals surface area contributed by atoms with Crippen LogP contribution in [0, 0.1) is 11.6 Å². The Labute approximate surface area is 117 Å². The van der Waals surface area contributed by atoms with Gasteiger partial charge in [-0.25, -0.2) is 8.78 Å². The van der Waals surface area contributed by atoms with E-state index >= 15 is 0 Å². The fourth-order valence-electron chi connectivity index (χ4n) is 2.56. The lowest BCUT2D eigenvalue weighted by Gasteiger charge is -2.26. The van der Waals surface area contributed by atoms with Crippen molar-refractivity contribution in [2.75, 3.05) is 0 Å². The molecule has 0 heterocycles. The summed E-state index contributed by atoms with van der Waals surface area (Å²) in [6.07, 6.45) is 0.803. The molecule has 0 radical (unpaired) electrons. The summed E-state index contributed by atoms with van der Waals surface area (Å²) in [5.41, 5.74) is 4.29. The zero-order chi connectivity index (χ0) is 14.5. The van der Waals surface area contributed by atoms with Crippen molar-refractivity contribution < 1.29 is 8.78 Å². The van der Waals surface area contributed by atoms with Crippen LogP contribution in [0.25, 0.3) is 0 Å². The summed E-state index contributed by atoms with van der Waals surface area (Å²) in [5.74, 6) is 4.48. The summed E-state index contributed by atoms with van der Waals surface area (Å²) in [5, 5.41) is 0. The molecule has 2 atom stereocenters. The first-order valence-electron chi connectivity index (χ1n) is 6.62. The summed E-state index contributed by atoms with van der Waals surface area (Å²) < 4.78 is 26.8. The summed E-state index contributed by atoms with van der Waals surface area (Å²) in [7, 11) is 0. The van der Waals surface area contributed by atoms with E-state index < -0.39 is 11.6 Å². The minimum atomic E-state index is -0.594. The largest absolute Gasteiger partial charge is 0.271 e. The third kappa shape index (κ3) is 3.21. The summed E-state index contributed by atoms with van der Waals surface area (Å²) in [6, 6.07) is 13.0. The van der Waals surface area contributed by atoms with E-state index in [9.17, 15) is 8.78 Å². The molecule has 0 bridgehead atoms. The molecule has 0 fully saturated rings. The zero-order valence-corrected chi connectivity index (χ0v) is 11.3. The molecule has 2 aromatic rings. The van der Waals surface area contributed by atoms with E-state index in [0.717, 1.165) is 18.1 Å². The van der Waals surface area contributed by atoms with Crippen LogP contribution in [-0.4, -0.2) is 0 Å². The number of nitrogens with one attached hydrogen (secondary N) is 1. The van der Waals surface area contributed by atoms with Crippen molar-refractivity contribution in [1.82, 2.24) is 5.43 Å². The van der Waals surface area contributed by atoms with Gasteiger partial charge < -0.3 is 0 Å². The van der Waals surface area contributed by atoms with E-state index in [2.05, 4.69) is 5.43 Å². The van der Waals surface area contributed by atoms with Gasteiger partial charge in [-0.3, -0.25) is 11.3 Å². The molecule has 0 aliphatic rings. The Kier molecular flexibility index (Phi) is 4.82. The van der Waals surface area contributed by atoms with E-state index in [1.807, 2.05) is 37.3 Å². The Morgan fingerprint density at radius 3 is 2.10 bits per heavy atom. The van der Waals surface area contributed by atoms with Gasteiger partial charge in [-0.15, -0.1) is 0 Å². The fraction of sp³-hybridized carbons (Fsp3) is 0.250. The van der Waals surface area contributed by atoms with E-state index in [0.29, 0.717) is 5.56 Å². The van der Waals surface area contributed by atoms with Crippen LogP contribution in [0.2, 0.25) is 0 Å². The second-order valence-electron chi connectivity index (χ2n) is 4.77. The summed E-state index contributed by atoms with van der Waals surface area (Å²) in [6.45, 7) is 2.03.